The molecular formula is C13H16Cl2N2O. The average Bonchev–Trinajstić information content (AvgIpc) is 3.07. The number of carbonyl (C=O) groups is 1. The Morgan fingerprint density at radius 3 is 2.39 bits per heavy atom. The fraction of sp³-hybridized carbons (Fsp3) is 0.538. The minimum absolute atomic E-state index is 0.0249. The maximum atomic E-state index is 12.4. The molecule has 1 aromatic heterocycles. The molecule has 0 aliphatic heterocycles. The molecule has 1 saturated carbocycles. The lowest BCUT2D eigenvalue weighted by Gasteiger charge is -2.27. The Morgan fingerprint density at radius 1 is 1.39 bits per heavy atom. The van der Waals surface area contributed by atoms with E-state index in [1.54, 1.807) is 12.1 Å². The van der Waals surface area contributed by atoms with Crippen molar-refractivity contribution in [2.75, 3.05) is 6.54 Å². The Bertz CT molecular complexity index is 438. The molecule has 0 unspecified atom stereocenters. The van der Waals surface area contributed by atoms with Gasteiger partial charge in [-0.05, 0) is 44.7 Å². The number of nitrogens with zero attached hydrogens (tertiary/aromatic N) is 2. The number of rotatable bonds is 4. The highest BCUT2D eigenvalue weighted by Gasteiger charge is 2.28. The van der Waals surface area contributed by atoms with Gasteiger partial charge in [0.25, 0.3) is 5.91 Å². The number of halogens is 2. The van der Waals surface area contributed by atoms with Gasteiger partial charge in [-0.25, -0.2) is 4.98 Å². The smallest absolute Gasteiger partial charge is 0.254 e. The number of pyridine rings is 1. The molecule has 0 atom stereocenters. The molecule has 3 nitrogen and oxygen atoms in total. The monoisotopic (exact) mass is 286 g/mol. The van der Waals surface area contributed by atoms with Crippen LogP contribution in [0.2, 0.25) is 10.3 Å². The number of hydrogen-bond acceptors (Lipinski definition) is 2. The molecule has 1 heterocycles. The van der Waals surface area contributed by atoms with Gasteiger partial charge in [0.1, 0.15) is 10.3 Å². The number of aromatic nitrogens is 1. The molecule has 5 heteroatoms. The zero-order valence-electron chi connectivity index (χ0n) is 10.5. The Balaban J connectivity index is 2.20. The van der Waals surface area contributed by atoms with Crippen molar-refractivity contribution < 1.29 is 4.79 Å². The molecule has 0 saturated heterocycles. The molecule has 1 aliphatic rings. The summed E-state index contributed by atoms with van der Waals surface area (Å²) in [6, 6.07) is 3.31. The zero-order chi connectivity index (χ0) is 13.3. The van der Waals surface area contributed by atoms with Crippen molar-refractivity contribution >= 4 is 29.1 Å². The lowest BCUT2D eigenvalue weighted by atomic mass is 10.2. The molecule has 0 aromatic carbocycles. The summed E-state index contributed by atoms with van der Waals surface area (Å²) < 4.78 is 0. The maximum Gasteiger partial charge on any atom is 0.254 e. The third-order valence-corrected chi connectivity index (χ3v) is 3.43. The lowest BCUT2D eigenvalue weighted by Crippen LogP contribution is -2.38. The van der Waals surface area contributed by atoms with Crippen LogP contribution in [-0.2, 0) is 0 Å². The van der Waals surface area contributed by atoms with Crippen LogP contribution in [0.1, 0.15) is 37.0 Å². The number of hydrogen-bond donors (Lipinski definition) is 0. The van der Waals surface area contributed by atoms with Crippen molar-refractivity contribution in [2.45, 2.75) is 32.7 Å². The van der Waals surface area contributed by atoms with Gasteiger partial charge in [-0.3, -0.25) is 4.79 Å². The molecule has 0 spiro atoms. The minimum Gasteiger partial charge on any atom is -0.336 e. The zero-order valence-corrected chi connectivity index (χ0v) is 12.0. The third kappa shape index (κ3) is 3.36. The van der Waals surface area contributed by atoms with Gasteiger partial charge < -0.3 is 4.90 Å². The van der Waals surface area contributed by atoms with E-state index in [9.17, 15) is 4.79 Å². The molecule has 98 valence electrons. The molecule has 1 fully saturated rings. The van der Waals surface area contributed by atoms with Crippen molar-refractivity contribution in [1.29, 1.82) is 0 Å². The number of carbonyl (C=O) groups excluding carboxylic acids is 1. The molecule has 1 aromatic rings. The van der Waals surface area contributed by atoms with Crippen LogP contribution in [0.4, 0.5) is 0 Å². The molecule has 1 aliphatic carbocycles. The van der Waals surface area contributed by atoms with E-state index < -0.39 is 0 Å². The van der Waals surface area contributed by atoms with Crippen LogP contribution < -0.4 is 0 Å². The van der Waals surface area contributed by atoms with E-state index in [2.05, 4.69) is 4.98 Å². The van der Waals surface area contributed by atoms with Crippen LogP contribution >= 0.6 is 23.2 Å². The van der Waals surface area contributed by atoms with Gasteiger partial charge in [0, 0.05) is 18.2 Å². The van der Waals surface area contributed by atoms with Gasteiger partial charge in [-0.2, -0.15) is 0 Å². The average molecular weight is 287 g/mol. The van der Waals surface area contributed by atoms with E-state index in [4.69, 9.17) is 23.2 Å². The van der Waals surface area contributed by atoms with E-state index in [1.165, 1.54) is 12.8 Å². The molecular weight excluding hydrogens is 271 g/mol. The van der Waals surface area contributed by atoms with E-state index >= 15 is 0 Å². The second kappa shape index (κ2) is 5.45. The van der Waals surface area contributed by atoms with E-state index in [0.29, 0.717) is 11.5 Å². The molecule has 0 radical (unpaired) electrons. The molecule has 2 rings (SSSR count). The normalized spacial score (nSPS) is 14.9. The predicted octanol–water partition coefficient (Wildman–Crippen LogP) is 3.65. The maximum absolute atomic E-state index is 12.4. The quantitative estimate of drug-likeness (QED) is 0.792. The third-order valence-electron chi connectivity index (χ3n) is 3.05. The van der Waals surface area contributed by atoms with Crippen molar-refractivity contribution in [3.05, 3.63) is 28.0 Å². The van der Waals surface area contributed by atoms with Crippen LogP contribution in [-0.4, -0.2) is 28.4 Å². The first-order valence-corrected chi connectivity index (χ1v) is 6.87. The second-order valence-electron chi connectivity index (χ2n) is 5.00. The summed E-state index contributed by atoms with van der Waals surface area (Å²) in [5.74, 6) is 0.632. The van der Waals surface area contributed by atoms with E-state index in [0.717, 1.165) is 6.54 Å². The minimum atomic E-state index is -0.0249. The second-order valence-corrected chi connectivity index (χ2v) is 5.77. The Kier molecular flexibility index (Phi) is 4.13. The van der Waals surface area contributed by atoms with Gasteiger partial charge in [0.2, 0.25) is 0 Å². The van der Waals surface area contributed by atoms with Crippen LogP contribution in [0, 0.1) is 5.92 Å². The molecule has 1 amide bonds. The summed E-state index contributed by atoms with van der Waals surface area (Å²) in [7, 11) is 0. The van der Waals surface area contributed by atoms with E-state index in [-0.39, 0.29) is 22.3 Å². The van der Waals surface area contributed by atoms with Gasteiger partial charge in [0.05, 0.1) is 0 Å². The summed E-state index contributed by atoms with van der Waals surface area (Å²) in [5.41, 5.74) is 0.509. The first kappa shape index (κ1) is 13.6. The standard InChI is InChI=1S/C13H16Cl2N2O/c1-8(2)17(7-9-3-4-9)13(18)10-5-11(14)16-12(15)6-10/h5-6,8-9H,3-4,7H2,1-2H3. The fourth-order valence-corrected chi connectivity index (χ4v) is 2.32. The molecule has 18 heavy (non-hydrogen) atoms. The summed E-state index contributed by atoms with van der Waals surface area (Å²) >= 11 is 11.7. The van der Waals surface area contributed by atoms with Crippen molar-refractivity contribution in [3.63, 3.8) is 0 Å². The van der Waals surface area contributed by atoms with Crippen molar-refractivity contribution in [1.82, 2.24) is 9.88 Å². The van der Waals surface area contributed by atoms with Crippen LogP contribution in [0.25, 0.3) is 0 Å². The predicted molar refractivity (Wildman–Crippen MR) is 73.2 cm³/mol. The summed E-state index contributed by atoms with van der Waals surface area (Å²) in [5, 5.41) is 0.502. The Labute approximate surface area is 117 Å². The summed E-state index contributed by atoms with van der Waals surface area (Å²) in [6.07, 6.45) is 2.43. The van der Waals surface area contributed by atoms with Crippen LogP contribution in [0.3, 0.4) is 0 Å². The van der Waals surface area contributed by atoms with Crippen LogP contribution in [0.15, 0.2) is 12.1 Å². The highest BCUT2D eigenvalue weighted by atomic mass is 35.5. The largest absolute Gasteiger partial charge is 0.336 e. The highest BCUT2D eigenvalue weighted by molar-refractivity contribution is 6.33. The molecule has 0 bridgehead atoms. The Morgan fingerprint density at radius 2 is 1.94 bits per heavy atom. The molecule has 0 N–H and O–H groups in total. The van der Waals surface area contributed by atoms with Crippen molar-refractivity contribution in [3.8, 4) is 0 Å². The van der Waals surface area contributed by atoms with E-state index in [1.807, 2.05) is 18.7 Å². The van der Waals surface area contributed by atoms with Gasteiger partial charge in [-0.15, -0.1) is 0 Å². The number of amides is 1. The first-order chi connectivity index (χ1) is 8.47. The van der Waals surface area contributed by atoms with Gasteiger partial charge in [-0.1, -0.05) is 23.2 Å². The topological polar surface area (TPSA) is 33.2 Å². The SMILES string of the molecule is CC(C)N(CC1CC1)C(=O)c1cc(Cl)nc(Cl)c1. The van der Waals surface area contributed by atoms with Gasteiger partial charge in [0.15, 0.2) is 0 Å². The fourth-order valence-electron chi connectivity index (χ4n) is 1.86. The summed E-state index contributed by atoms with van der Waals surface area (Å²) in [4.78, 5) is 18.2. The van der Waals surface area contributed by atoms with Crippen molar-refractivity contribution in [2.24, 2.45) is 5.92 Å². The Hall–Kier alpha value is -0.800. The van der Waals surface area contributed by atoms with Gasteiger partial charge >= 0.3 is 0 Å². The first-order valence-electron chi connectivity index (χ1n) is 6.11. The van der Waals surface area contributed by atoms with Crippen LogP contribution in [0.5, 0.6) is 0 Å². The lowest BCUT2D eigenvalue weighted by molar-refractivity contribution is 0.0696. The summed E-state index contributed by atoms with van der Waals surface area (Å²) in [6.45, 7) is 4.85. The highest BCUT2D eigenvalue weighted by Crippen LogP contribution is 2.31.